The van der Waals surface area contributed by atoms with Crippen molar-refractivity contribution in [1.29, 1.82) is 0 Å². The van der Waals surface area contributed by atoms with Crippen LogP contribution in [0.4, 0.5) is 17.5 Å². The lowest BCUT2D eigenvalue weighted by atomic mass is 10.0. The van der Waals surface area contributed by atoms with Crippen LogP contribution in [0.5, 0.6) is 0 Å². The molecule has 0 unspecified atom stereocenters. The highest BCUT2D eigenvalue weighted by Gasteiger charge is 2.22. The summed E-state index contributed by atoms with van der Waals surface area (Å²) in [7, 11) is 6.14. The number of pyridine rings is 6. The zero-order chi connectivity index (χ0) is 73.7. The topological polar surface area (TPSA) is 201 Å². The van der Waals surface area contributed by atoms with Crippen LogP contribution in [0.1, 0.15) is 73.5 Å². The van der Waals surface area contributed by atoms with Gasteiger partial charge in [0.15, 0.2) is 17.3 Å². The molecular weight excluding hydrogens is 1220 g/mol. The number of benzene rings is 3. The monoisotopic (exact) mass is 1320 g/mol. The molecule has 0 aliphatic carbocycles. The number of carbonyl (C=O) groups is 3. The smallest absolute Gasteiger partial charge is 0.170 e. The molecule has 0 bridgehead atoms. The molecule has 3 aromatic carbocycles. The Kier molecular flexibility index (Phi) is 17.9. The number of aromatic nitrogens is 12. The molecule has 0 N–H and O–H groups in total. The van der Waals surface area contributed by atoms with Crippen LogP contribution in [0.3, 0.4) is 0 Å². The van der Waals surface area contributed by atoms with E-state index in [1.807, 2.05) is 98.4 Å². The average Bonchev–Trinajstić information content (AvgIpc) is 1.38. The summed E-state index contributed by atoms with van der Waals surface area (Å²) in [5.41, 5.74) is 9.11. The number of anilines is 3. The zero-order valence-electron chi connectivity index (χ0n) is 62.7. The Hall–Kier alpha value is -10.7. The Bertz CT molecular complexity index is 5110. The van der Waals surface area contributed by atoms with E-state index in [2.05, 4.69) is 102 Å². The molecule has 3 aliphatic heterocycles. The highest BCUT2D eigenvalue weighted by molar-refractivity contribution is 6.00. The molecule has 0 atom stereocenters. The van der Waals surface area contributed by atoms with Crippen molar-refractivity contribution >= 4 is 67.1 Å². The van der Waals surface area contributed by atoms with E-state index in [0.29, 0.717) is 71.2 Å². The van der Waals surface area contributed by atoms with Gasteiger partial charge in [-0.25, -0.2) is 15.0 Å². The van der Waals surface area contributed by atoms with Crippen molar-refractivity contribution in [2.24, 2.45) is 21.0 Å². The summed E-state index contributed by atoms with van der Waals surface area (Å²) in [6.45, 7) is 5.70. The number of hydrogen-bond donors (Lipinski definition) is 0. The predicted molar refractivity (Wildman–Crippen MR) is 389 cm³/mol. The minimum absolute atomic E-state index is 0. The van der Waals surface area contributed by atoms with Gasteiger partial charge in [0.25, 0.3) is 0 Å². The van der Waals surface area contributed by atoms with Gasteiger partial charge in [-0.05, 0) is 126 Å². The summed E-state index contributed by atoms with van der Waals surface area (Å²) in [6.07, 6.45) is 20.8. The van der Waals surface area contributed by atoms with Crippen molar-refractivity contribution in [2.75, 3.05) is 114 Å². The molecule has 15 rings (SSSR count). The molecule has 12 heterocycles. The van der Waals surface area contributed by atoms with Gasteiger partial charge in [-0.3, -0.25) is 43.4 Å². The molecule has 3 aliphatic rings. The number of nitrogens with zero attached hydrogens (tertiary/aromatic N) is 18. The van der Waals surface area contributed by atoms with Crippen molar-refractivity contribution in [1.82, 2.24) is 73.9 Å². The summed E-state index contributed by atoms with van der Waals surface area (Å²) in [4.78, 5) is 78.9. The van der Waals surface area contributed by atoms with Crippen LogP contribution >= 0.6 is 0 Å². The number of likely N-dealkylation sites (N-methyl/N-ethyl adjacent to an activating group) is 3. The van der Waals surface area contributed by atoms with E-state index < -0.39 is 20.4 Å². The molecule has 21 nitrogen and oxygen atoms in total. The van der Waals surface area contributed by atoms with Crippen molar-refractivity contribution in [3.05, 3.63) is 217 Å². The van der Waals surface area contributed by atoms with Crippen molar-refractivity contribution < 1.29 is 25.3 Å². The van der Waals surface area contributed by atoms with Gasteiger partial charge in [0, 0.05) is 233 Å². The Balaban J connectivity index is 0.000000149. The largest absolute Gasteiger partial charge is 0.354 e. The maximum absolute atomic E-state index is 13.1. The molecule has 0 spiro atoms. The lowest BCUT2D eigenvalue weighted by molar-refractivity contribution is 0.0983. The second kappa shape index (κ2) is 30.6. The number of hydrogen-bond acceptors (Lipinski definition) is 18. The highest BCUT2D eigenvalue weighted by Crippen LogP contribution is 2.29. The molecule has 0 amide bonds. The van der Waals surface area contributed by atoms with E-state index in [9.17, 15) is 14.4 Å². The van der Waals surface area contributed by atoms with Crippen LogP contribution < -0.4 is 14.7 Å². The van der Waals surface area contributed by atoms with Gasteiger partial charge in [-0.15, -0.1) is 0 Å². The maximum Gasteiger partial charge on any atom is 0.170 e. The Morgan fingerprint density at radius 1 is 0.378 bits per heavy atom. The third-order valence-electron chi connectivity index (χ3n) is 18.0. The number of aryl methyl sites for hydroxylation is 3. The molecule has 21 heteroatoms. The van der Waals surface area contributed by atoms with Crippen LogP contribution in [0.15, 0.2) is 184 Å². The van der Waals surface area contributed by atoms with Gasteiger partial charge in [0.2, 0.25) is 0 Å². The summed E-state index contributed by atoms with van der Waals surface area (Å²) in [6, 6.07) is 34.5. The number of rotatable bonds is 16. The predicted octanol–water partition coefficient (Wildman–Crippen LogP) is 10.6. The molecule has 0 radical (unpaired) electrons. The van der Waals surface area contributed by atoms with Gasteiger partial charge in [0.1, 0.15) is 17.5 Å². The fourth-order valence-corrected chi connectivity index (χ4v) is 12.2. The third kappa shape index (κ3) is 16.4. The summed E-state index contributed by atoms with van der Waals surface area (Å²) in [5, 5.41) is 18.0. The van der Waals surface area contributed by atoms with Crippen molar-refractivity contribution in [3.8, 4) is 33.4 Å². The standard InChI is InChI=1S/C26H28N6O.2C25H26N6O.CH4/c1-3-31-8-10-32(11-9-31)26-14-20(6-7-27-26)25(33)15-24-13-22-12-19(4-5-21(22)16-28-24)23-17-29-30(2)18-23;1-29-7-9-31(10-8-29)25-13-19(5-6-26-25)24(32)14-23-12-21-11-18(3-4-20(21)15-27-23)22-16-28-30(2)17-22;1-29-7-9-31(10-8-29)25-6-5-20(15-27-25)24(32)13-23-12-21-11-18(3-4-19(21)14-26-23)22-16-28-30(2)17-22;/h4-7,12-14,16-18H,3,8-11,15H2,1-2H3;3-6,11-13,15-17H,7-10,14H2,1-2H3;3-6,11-12,14-17H,7-10,13H2,1-2H3;1H4/i2D3,3D2;2D3;;. The van der Waals surface area contributed by atoms with Crippen LogP contribution in [-0.2, 0) is 40.3 Å². The van der Waals surface area contributed by atoms with Gasteiger partial charge >= 0.3 is 0 Å². The molecule has 3 fully saturated rings. The van der Waals surface area contributed by atoms with E-state index in [0.717, 1.165) is 134 Å². The molecular formula is C77H84N18O3. The summed E-state index contributed by atoms with van der Waals surface area (Å²) >= 11 is 0. The number of Topliss-reactive ketones (excluding diaryl/α,β-unsaturated/α-hetero) is 3. The van der Waals surface area contributed by atoms with E-state index in [1.165, 1.54) is 18.6 Å². The fraction of sp³-hybridized carbons (Fsp3) is 0.299. The first-order valence-electron chi connectivity index (χ1n) is 36.4. The van der Waals surface area contributed by atoms with E-state index in [4.69, 9.17) is 11.0 Å². The number of piperazine rings is 3. The first-order chi connectivity index (χ1) is 50.3. The molecule has 3 saturated heterocycles. The normalized spacial score (nSPS) is 16.2. The fourth-order valence-electron chi connectivity index (χ4n) is 12.2. The van der Waals surface area contributed by atoms with Crippen LogP contribution in [0, 0.1) is 0 Å². The molecule has 500 valence electrons. The lowest BCUT2D eigenvalue weighted by Crippen LogP contribution is -2.46. The minimum atomic E-state index is -2.33. The van der Waals surface area contributed by atoms with Gasteiger partial charge in [-0.1, -0.05) is 50.7 Å². The van der Waals surface area contributed by atoms with Crippen molar-refractivity contribution in [2.45, 2.75) is 33.6 Å². The Morgan fingerprint density at radius 2 is 0.765 bits per heavy atom. The second-order valence-electron chi connectivity index (χ2n) is 24.8. The highest BCUT2D eigenvalue weighted by atomic mass is 16.1. The second-order valence-corrected chi connectivity index (χ2v) is 24.8. The van der Waals surface area contributed by atoms with Crippen LogP contribution in [0.25, 0.3) is 65.7 Å². The maximum atomic E-state index is 13.1. The quantitative estimate of drug-likeness (QED) is 0.0826. The van der Waals surface area contributed by atoms with Gasteiger partial charge < -0.3 is 29.4 Å². The lowest BCUT2D eigenvalue weighted by Gasteiger charge is -2.34. The first-order valence-corrected chi connectivity index (χ1v) is 32.4. The van der Waals surface area contributed by atoms with Gasteiger partial charge in [-0.2, -0.15) is 15.3 Å². The number of fused-ring (bicyclic) bond motifs is 3. The van der Waals surface area contributed by atoms with E-state index in [-0.39, 0.29) is 44.0 Å². The molecule has 9 aromatic heterocycles. The SMILES string of the molecule is C.CN1CCN(c2ccc(C(=O)Cc3cc4cc(-c5cnn(C)c5)ccc4cn3)cn2)CC1.[2H]C([2H])(C)N1CCN(c2cc(C(=O)Cc3cc4cc(-c5cnn(C([2H])([2H])[2H])c5)ccc4cn3)ccn2)CC1.[2H]C([2H])([2H])n1cc(-c2ccc3cnc(CC(=O)c4ccnc(N5CCN(C)CC5)c4)cc3c2)cn1. The Morgan fingerprint density at radius 3 is 1.14 bits per heavy atom. The molecule has 98 heavy (non-hydrogen) atoms. The third-order valence-corrected chi connectivity index (χ3v) is 18.0. The molecule has 0 saturated carbocycles. The minimum Gasteiger partial charge on any atom is -0.354 e. The number of ketones is 3. The van der Waals surface area contributed by atoms with Crippen LogP contribution in [0.2, 0.25) is 0 Å². The van der Waals surface area contributed by atoms with Crippen molar-refractivity contribution in [3.63, 3.8) is 0 Å². The molecule has 12 aromatic rings. The van der Waals surface area contributed by atoms with E-state index in [1.54, 1.807) is 71.9 Å². The average molecular weight is 1320 g/mol. The van der Waals surface area contributed by atoms with Crippen LogP contribution in [-0.4, -0.2) is 190 Å². The van der Waals surface area contributed by atoms with Gasteiger partial charge in [0.05, 0.1) is 37.9 Å². The summed E-state index contributed by atoms with van der Waals surface area (Å²) < 4.78 is 64.6. The first kappa shape index (κ1) is 57.5. The van der Waals surface area contributed by atoms with E-state index >= 15 is 0 Å². The zero-order valence-corrected chi connectivity index (χ0v) is 54.7. The number of carbonyl (C=O) groups excluding carboxylic acids is 3. The Labute approximate surface area is 583 Å². The summed E-state index contributed by atoms with van der Waals surface area (Å²) in [5.74, 6) is 2.42.